The quantitative estimate of drug-likeness (QED) is 0.586. The monoisotopic (exact) mass is 221 g/mol. The number of nitrogens with zero attached hydrogens (tertiary/aromatic N) is 3. The molecule has 2 aromatic rings. The highest BCUT2D eigenvalue weighted by Gasteiger charge is 2.12. The number of hydrazine groups is 1. The molecule has 15 heavy (non-hydrogen) atoms. The second-order valence-electron chi connectivity index (χ2n) is 3.02. The largest absolute Gasteiger partial charge is 0.271 e. The molecule has 0 radical (unpaired) electrons. The van der Waals surface area contributed by atoms with E-state index in [1.54, 1.807) is 29.9 Å². The van der Waals surface area contributed by atoms with Crippen molar-refractivity contribution in [3.63, 3.8) is 0 Å². The van der Waals surface area contributed by atoms with Crippen LogP contribution in [-0.2, 0) is 6.42 Å². The van der Waals surface area contributed by atoms with E-state index in [2.05, 4.69) is 20.4 Å². The molecule has 0 bridgehead atoms. The molecule has 0 saturated carbocycles. The minimum absolute atomic E-state index is 0.0114. The molecule has 0 saturated heterocycles. The van der Waals surface area contributed by atoms with Gasteiger partial charge in [0.05, 0.1) is 11.0 Å². The molecule has 0 aromatic carbocycles. The van der Waals surface area contributed by atoms with E-state index >= 15 is 0 Å². The highest BCUT2D eigenvalue weighted by Crippen LogP contribution is 2.17. The number of nitrogens with two attached hydrogens (primary N) is 1. The first-order chi connectivity index (χ1) is 7.40. The van der Waals surface area contributed by atoms with E-state index in [4.69, 9.17) is 5.84 Å². The van der Waals surface area contributed by atoms with E-state index in [0.29, 0.717) is 0 Å². The van der Waals surface area contributed by atoms with Crippen molar-refractivity contribution >= 4 is 11.3 Å². The average Bonchev–Trinajstić information content (AvgIpc) is 2.80. The Labute approximate surface area is 91.4 Å². The third-order valence-electron chi connectivity index (χ3n) is 2.05. The summed E-state index contributed by atoms with van der Waals surface area (Å²) in [4.78, 5) is 12.1. The molecule has 0 amide bonds. The van der Waals surface area contributed by atoms with E-state index in [1.807, 2.05) is 5.38 Å². The Morgan fingerprint density at radius 1 is 1.40 bits per heavy atom. The van der Waals surface area contributed by atoms with Crippen LogP contribution in [0.15, 0.2) is 30.3 Å². The number of nitrogens with one attached hydrogen (secondary N) is 1. The lowest BCUT2D eigenvalue weighted by Gasteiger charge is -2.13. The van der Waals surface area contributed by atoms with E-state index in [9.17, 15) is 0 Å². The lowest BCUT2D eigenvalue weighted by molar-refractivity contribution is 0.547. The first kappa shape index (κ1) is 10.2. The molecule has 1 unspecified atom stereocenters. The van der Waals surface area contributed by atoms with Gasteiger partial charge < -0.3 is 0 Å². The van der Waals surface area contributed by atoms with E-state index in [0.717, 1.165) is 17.0 Å². The zero-order chi connectivity index (χ0) is 10.5. The number of hydrogen-bond donors (Lipinski definition) is 2. The van der Waals surface area contributed by atoms with Gasteiger partial charge in [0.1, 0.15) is 6.33 Å². The SMILES string of the molecule is NNC(Cc1nccs1)c1cncnc1. The topological polar surface area (TPSA) is 76.7 Å². The van der Waals surface area contributed by atoms with Crippen molar-refractivity contribution in [1.82, 2.24) is 20.4 Å². The van der Waals surface area contributed by atoms with Gasteiger partial charge >= 0.3 is 0 Å². The third-order valence-corrected chi connectivity index (χ3v) is 2.85. The van der Waals surface area contributed by atoms with E-state index in [-0.39, 0.29) is 6.04 Å². The van der Waals surface area contributed by atoms with E-state index in [1.165, 1.54) is 6.33 Å². The van der Waals surface area contributed by atoms with Crippen molar-refractivity contribution in [2.24, 2.45) is 5.84 Å². The van der Waals surface area contributed by atoms with Crippen LogP contribution in [0.1, 0.15) is 16.6 Å². The summed E-state index contributed by atoms with van der Waals surface area (Å²) in [6.45, 7) is 0. The predicted molar refractivity (Wildman–Crippen MR) is 57.9 cm³/mol. The Hall–Kier alpha value is -1.37. The molecule has 5 nitrogen and oxygen atoms in total. The van der Waals surface area contributed by atoms with Crippen LogP contribution in [0.3, 0.4) is 0 Å². The maximum Gasteiger partial charge on any atom is 0.115 e. The zero-order valence-corrected chi connectivity index (χ0v) is 8.81. The van der Waals surface area contributed by atoms with Gasteiger partial charge in [0.25, 0.3) is 0 Å². The molecule has 0 aliphatic carbocycles. The van der Waals surface area contributed by atoms with Gasteiger partial charge in [-0.05, 0) is 0 Å². The predicted octanol–water partition coefficient (Wildman–Crippen LogP) is 0.680. The summed E-state index contributed by atoms with van der Waals surface area (Å²) in [6.07, 6.45) is 7.55. The first-order valence-corrected chi connectivity index (χ1v) is 5.37. The van der Waals surface area contributed by atoms with Gasteiger partial charge in [-0.2, -0.15) is 0 Å². The minimum atomic E-state index is 0.0114. The molecule has 78 valence electrons. The second kappa shape index (κ2) is 4.92. The molecule has 0 spiro atoms. The fraction of sp³-hybridized carbons (Fsp3) is 0.222. The van der Waals surface area contributed by atoms with Crippen molar-refractivity contribution in [3.05, 3.63) is 40.9 Å². The molecular weight excluding hydrogens is 210 g/mol. The Kier molecular flexibility index (Phi) is 3.33. The van der Waals surface area contributed by atoms with Gasteiger partial charge in [-0.25, -0.2) is 15.0 Å². The van der Waals surface area contributed by atoms with E-state index < -0.39 is 0 Å². The molecular formula is C9H11N5S. The summed E-state index contributed by atoms with van der Waals surface area (Å²) in [5.41, 5.74) is 3.71. The van der Waals surface area contributed by atoms with Gasteiger partial charge in [-0.1, -0.05) is 0 Å². The number of thiazole rings is 1. The molecule has 6 heteroatoms. The van der Waals surface area contributed by atoms with Crippen molar-refractivity contribution in [1.29, 1.82) is 0 Å². The molecule has 0 fully saturated rings. The van der Waals surface area contributed by atoms with Gasteiger partial charge in [0.15, 0.2) is 0 Å². The van der Waals surface area contributed by atoms with Crippen LogP contribution in [0.4, 0.5) is 0 Å². The summed E-state index contributed by atoms with van der Waals surface area (Å²) < 4.78 is 0. The minimum Gasteiger partial charge on any atom is -0.271 e. The van der Waals surface area contributed by atoms with Crippen LogP contribution in [0.2, 0.25) is 0 Å². The number of hydrogen-bond acceptors (Lipinski definition) is 6. The van der Waals surface area contributed by atoms with Crippen LogP contribution in [-0.4, -0.2) is 15.0 Å². The second-order valence-corrected chi connectivity index (χ2v) is 4.00. The summed E-state index contributed by atoms with van der Waals surface area (Å²) in [6, 6.07) is 0.0114. The van der Waals surface area contributed by atoms with Crippen molar-refractivity contribution in [2.45, 2.75) is 12.5 Å². The van der Waals surface area contributed by atoms with Gasteiger partial charge in [-0.15, -0.1) is 11.3 Å². The Morgan fingerprint density at radius 2 is 2.20 bits per heavy atom. The molecule has 1 atom stereocenters. The normalized spacial score (nSPS) is 12.6. The number of rotatable bonds is 4. The van der Waals surface area contributed by atoms with Crippen LogP contribution >= 0.6 is 11.3 Å². The summed E-state index contributed by atoms with van der Waals surface area (Å²) >= 11 is 1.61. The third kappa shape index (κ3) is 2.56. The standard InChI is InChI=1S/C9H11N5S/c10-14-8(3-9-13-1-2-15-9)7-4-11-6-12-5-7/h1-2,4-6,8,14H,3,10H2. The average molecular weight is 221 g/mol. The zero-order valence-electron chi connectivity index (χ0n) is 8.00. The van der Waals surface area contributed by atoms with Crippen LogP contribution in [0.25, 0.3) is 0 Å². The molecule has 0 aliphatic rings. The first-order valence-electron chi connectivity index (χ1n) is 4.49. The fourth-order valence-electron chi connectivity index (χ4n) is 1.29. The summed E-state index contributed by atoms with van der Waals surface area (Å²) in [5.74, 6) is 5.49. The molecule has 2 heterocycles. The van der Waals surface area contributed by atoms with Gasteiger partial charge in [-0.3, -0.25) is 11.3 Å². The van der Waals surface area contributed by atoms with Crippen LogP contribution in [0.5, 0.6) is 0 Å². The molecule has 2 aromatic heterocycles. The van der Waals surface area contributed by atoms with Gasteiger partial charge in [0, 0.05) is 36.0 Å². The maximum atomic E-state index is 5.49. The Balaban J connectivity index is 2.12. The number of aromatic nitrogens is 3. The summed E-state index contributed by atoms with van der Waals surface area (Å²) in [7, 11) is 0. The Bertz CT molecular complexity index is 388. The molecule has 3 N–H and O–H groups in total. The lowest BCUT2D eigenvalue weighted by Crippen LogP contribution is -2.29. The lowest BCUT2D eigenvalue weighted by atomic mass is 10.1. The van der Waals surface area contributed by atoms with Crippen molar-refractivity contribution in [3.8, 4) is 0 Å². The van der Waals surface area contributed by atoms with Crippen molar-refractivity contribution in [2.75, 3.05) is 0 Å². The van der Waals surface area contributed by atoms with Crippen molar-refractivity contribution < 1.29 is 0 Å². The smallest absolute Gasteiger partial charge is 0.115 e. The van der Waals surface area contributed by atoms with Gasteiger partial charge in [0.2, 0.25) is 0 Å². The molecule has 2 rings (SSSR count). The summed E-state index contributed by atoms with van der Waals surface area (Å²) in [5, 5.41) is 2.99. The maximum absolute atomic E-state index is 5.49. The van der Waals surface area contributed by atoms with Crippen LogP contribution in [0, 0.1) is 0 Å². The highest BCUT2D eigenvalue weighted by atomic mass is 32.1. The molecule has 0 aliphatic heterocycles. The highest BCUT2D eigenvalue weighted by molar-refractivity contribution is 7.09. The fourth-order valence-corrected chi connectivity index (χ4v) is 1.96. The van der Waals surface area contributed by atoms with Crippen LogP contribution < -0.4 is 11.3 Å². The Morgan fingerprint density at radius 3 is 2.80 bits per heavy atom.